The molecule has 4 heterocycles. The lowest BCUT2D eigenvalue weighted by Crippen LogP contribution is -2.40. The van der Waals surface area contributed by atoms with Crippen molar-refractivity contribution in [1.82, 2.24) is 9.88 Å². The average molecular weight is 835 g/mol. The quantitative estimate of drug-likeness (QED) is 0.191. The van der Waals surface area contributed by atoms with E-state index in [1.54, 1.807) is 0 Å². The van der Waals surface area contributed by atoms with Crippen LogP contribution in [0, 0.1) is 0 Å². The van der Waals surface area contributed by atoms with Crippen molar-refractivity contribution in [3.63, 3.8) is 0 Å². The highest BCUT2D eigenvalue weighted by molar-refractivity contribution is 7.99. The topological polar surface area (TPSA) is 23.4 Å². The molecule has 3 atom stereocenters. The van der Waals surface area contributed by atoms with E-state index in [4.69, 9.17) is 0 Å². The van der Waals surface area contributed by atoms with Gasteiger partial charge in [-0.15, -0.1) is 0 Å². The van der Waals surface area contributed by atoms with Crippen LogP contribution in [-0.2, 0) is 5.41 Å². The minimum absolute atomic E-state index is 0.117. The molecule has 0 saturated carbocycles. The third kappa shape index (κ3) is 5.65. The molecular formula is C58H50N4S. The van der Waals surface area contributed by atoms with E-state index >= 15 is 0 Å². The molecule has 0 bridgehead atoms. The molecule has 63 heavy (non-hydrogen) atoms. The zero-order valence-corrected chi connectivity index (χ0v) is 36.6. The fourth-order valence-electron chi connectivity index (χ4n) is 11.4. The normalized spacial score (nSPS) is 21.1. The van der Waals surface area contributed by atoms with Crippen molar-refractivity contribution in [3.8, 4) is 0 Å². The number of anilines is 3. The number of nitrogens with one attached hydrogen (secondary N) is 1. The van der Waals surface area contributed by atoms with Gasteiger partial charge >= 0.3 is 0 Å². The Balaban J connectivity index is 0.00000208. The largest absolute Gasteiger partial charge is 0.344 e. The molecule has 7 aromatic rings. The maximum atomic E-state index is 4.01. The van der Waals surface area contributed by atoms with E-state index in [0.717, 1.165) is 25.7 Å². The number of benzene rings is 6. The maximum Gasteiger partial charge on any atom is 0.103 e. The summed E-state index contributed by atoms with van der Waals surface area (Å²) in [5.41, 5.74) is 15.2. The van der Waals surface area contributed by atoms with Gasteiger partial charge in [0.15, 0.2) is 0 Å². The van der Waals surface area contributed by atoms with Crippen LogP contribution in [0.4, 0.5) is 17.1 Å². The Morgan fingerprint density at radius 2 is 1.35 bits per heavy atom. The fourth-order valence-corrected chi connectivity index (χ4v) is 12.8. The van der Waals surface area contributed by atoms with Gasteiger partial charge in [0.25, 0.3) is 0 Å². The number of hydrogen-bond donors (Lipinski definition) is 1. The summed E-state index contributed by atoms with van der Waals surface area (Å²) >= 11 is 1.95. The first kappa shape index (κ1) is 38.2. The molecule has 3 aliphatic carbocycles. The molecule has 0 radical (unpaired) electrons. The van der Waals surface area contributed by atoms with Crippen molar-refractivity contribution in [2.75, 3.05) is 9.80 Å². The highest BCUT2D eigenvalue weighted by Crippen LogP contribution is 2.63. The first-order valence-corrected chi connectivity index (χ1v) is 23.6. The van der Waals surface area contributed by atoms with Gasteiger partial charge in [0, 0.05) is 37.6 Å². The Bertz CT molecular complexity index is 3090. The van der Waals surface area contributed by atoms with Crippen molar-refractivity contribution in [2.24, 2.45) is 0 Å². The molecule has 4 nitrogen and oxygen atoms in total. The number of rotatable bonds is 4. The van der Waals surface area contributed by atoms with E-state index in [1.165, 1.54) is 87.9 Å². The van der Waals surface area contributed by atoms with Crippen molar-refractivity contribution >= 4 is 56.3 Å². The number of aromatic nitrogens is 1. The van der Waals surface area contributed by atoms with Crippen LogP contribution < -0.4 is 15.1 Å². The molecule has 1 N–H and O–H groups in total. The molecule has 1 aromatic heterocycles. The van der Waals surface area contributed by atoms with Gasteiger partial charge in [-0.05, 0) is 102 Å². The standard InChI is InChI=1S/C56H44N4S.C2H6/c1-3-17-38(18-4-1)58-49-27-13-8-22-43(49)56(44-23-9-14-28-50(44)58)45-24-10-16-30-52(45)61-54-46(56)36-35-42-41-21-7-12-26-48(41)59(53(42)54)40-33-31-37(32-34-40)55-57-47-25-11-15-29-51(47)60(55)39-19-5-2-6-20-39;1-2/h2-3,5-31,33,35-36,47,51,55,57H,1,4,32,34H2;1-2H3. The molecule has 308 valence electrons. The van der Waals surface area contributed by atoms with Crippen molar-refractivity contribution < 1.29 is 0 Å². The fraction of sp³-hybridized carbons (Fsp3) is 0.172. The van der Waals surface area contributed by atoms with Crippen LogP contribution >= 0.6 is 11.8 Å². The minimum Gasteiger partial charge on any atom is -0.344 e. The van der Waals surface area contributed by atoms with Crippen LogP contribution in [0.5, 0.6) is 0 Å². The molecule has 1 spiro atoms. The Labute approximate surface area is 374 Å². The van der Waals surface area contributed by atoms with E-state index in [2.05, 4.69) is 214 Å². The zero-order chi connectivity index (χ0) is 42.1. The Morgan fingerprint density at radius 3 is 2.11 bits per heavy atom. The van der Waals surface area contributed by atoms with Gasteiger partial charge in [-0.3, -0.25) is 5.32 Å². The van der Waals surface area contributed by atoms with Crippen LogP contribution in [-0.4, -0.2) is 22.8 Å². The number of allylic oxidation sites excluding steroid dienone is 8. The van der Waals surface area contributed by atoms with Crippen LogP contribution in [0.1, 0.15) is 61.8 Å². The summed E-state index contributed by atoms with van der Waals surface area (Å²) in [6, 6.07) is 53.0. The van der Waals surface area contributed by atoms with Gasteiger partial charge in [-0.25, -0.2) is 0 Å². The lowest BCUT2D eigenvalue weighted by atomic mass is 9.62. The lowest BCUT2D eigenvalue weighted by molar-refractivity contribution is 0.620. The summed E-state index contributed by atoms with van der Waals surface area (Å²) in [6.45, 7) is 4.00. The first-order chi connectivity index (χ1) is 31.3. The maximum absolute atomic E-state index is 4.01. The molecule has 6 aliphatic rings. The monoisotopic (exact) mass is 834 g/mol. The molecule has 1 fully saturated rings. The Hall–Kier alpha value is -6.53. The highest BCUT2D eigenvalue weighted by Gasteiger charge is 2.51. The van der Waals surface area contributed by atoms with Gasteiger partial charge in [0.1, 0.15) is 6.17 Å². The molecule has 13 rings (SSSR count). The van der Waals surface area contributed by atoms with E-state index in [0.29, 0.717) is 0 Å². The van der Waals surface area contributed by atoms with Gasteiger partial charge in [0.05, 0.1) is 39.9 Å². The number of fused-ring (bicyclic) bond motifs is 13. The van der Waals surface area contributed by atoms with Crippen molar-refractivity contribution in [1.29, 1.82) is 0 Å². The second-order valence-corrected chi connectivity index (χ2v) is 18.1. The van der Waals surface area contributed by atoms with Gasteiger partial charge < -0.3 is 14.4 Å². The van der Waals surface area contributed by atoms with Gasteiger partial charge in [-0.1, -0.05) is 171 Å². The number of nitrogens with zero attached hydrogens (tertiary/aromatic N) is 3. The smallest absolute Gasteiger partial charge is 0.103 e. The Morgan fingerprint density at radius 1 is 0.635 bits per heavy atom. The van der Waals surface area contributed by atoms with Crippen molar-refractivity contribution in [2.45, 2.75) is 73.0 Å². The first-order valence-electron chi connectivity index (χ1n) is 22.8. The predicted molar refractivity (Wildman–Crippen MR) is 265 cm³/mol. The van der Waals surface area contributed by atoms with Crippen LogP contribution in [0.15, 0.2) is 215 Å². The zero-order valence-electron chi connectivity index (χ0n) is 35.8. The van der Waals surface area contributed by atoms with E-state index < -0.39 is 5.41 Å². The second-order valence-electron chi connectivity index (χ2n) is 17.0. The molecule has 0 amide bonds. The van der Waals surface area contributed by atoms with E-state index in [1.807, 2.05) is 25.6 Å². The van der Waals surface area contributed by atoms with Crippen molar-refractivity contribution in [3.05, 3.63) is 228 Å². The average Bonchev–Trinajstić information content (AvgIpc) is 3.92. The highest BCUT2D eigenvalue weighted by atomic mass is 32.2. The van der Waals surface area contributed by atoms with Gasteiger partial charge in [0.2, 0.25) is 0 Å². The summed E-state index contributed by atoms with van der Waals surface area (Å²) in [5.74, 6) is 0. The summed E-state index contributed by atoms with van der Waals surface area (Å²) in [5, 5.41) is 6.62. The summed E-state index contributed by atoms with van der Waals surface area (Å²) < 4.78 is 2.62. The number of para-hydroxylation sites is 4. The predicted octanol–water partition coefficient (Wildman–Crippen LogP) is 14.2. The summed E-state index contributed by atoms with van der Waals surface area (Å²) in [6.07, 6.45) is 25.1. The van der Waals surface area contributed by atoms with Crippen LogP contribution in [0.2, 0.25) is 0 Å². The van der Waals surface area contributed by atoms with Gasteiger partial charge in [-0.2, -0.15) is 0 Å². The molecule has 3 unspecified atom stereocenters. The summed E-state index contributed by atoms with van der Waals surface area (Å²) in [4.78, 5) is 7.75. The summed E-state index contributed by atoms with van der Waals surface area (Å²) in [7, 11) is 0. The number of hydrogen-bond acceptors (Lipinski definition) is 4. The second kappa shape index (κ2) is 15.4. The van der Waals surface area contributed by atoms with E-state index in [-0.39, 0.29) is 18.2 Å². The molecule has 5 heteroatoms. The molecule has 3 aliphatic heterocycles. The van der Waals surface area contributed by atoms with E-state index in [9.17, 15) is 0 Å². The SMILES string of the molecule is C1=CC2NC(C3=CC=C(n4c5ccccc5c5ccc6c(c54)Sc4ccccc4C64c5ccccc5N(C5=CCCC=C5)c5ccccc54)CC3)N(c3ccccc3)C2C=C1.CC. The third-order valence-corrected chi connectivity index (χ3v) is 15.1. The minimum atomic E-state index is -0.530. The molecule has 1 saturated heterocycles. The molecular weight excluding hydrogens is 785 g/mol. The lowest BCUT2D eigenvalue weighted by Gasteiger charge is -2.49. The van der Waals surface area contributed by atoms with Crippen LogP contribution in [0.25, 0.3) is 27.5 Å². The molecule has 6 aromatic carbocycles. The third-order valence-electron chi connectivity index (χ3n) is 13.9. The van der Waals surface area contributed by atoms with Crippen LogP contribution in [0.3, 0.4) is 0 Å². The Kier molecular flexibility index (Phi) is 9.31.